The number of nitrogens with zero attached hydrogens (tertiary/aromatic N) is 2. The van der Waals surface area contributed by atoms with Gasteiger partial charge in [0.25, 0.3) is 0 Å². The summed E-state index contributed by atoms with van der Waals surface area (Å²) >= 11 is 0. The topological polar surface area (TPSA) is 80.8 Å². The molecule has 0 amide bonds. The number of aromatic nitrogens is 1. The lowest BCUT2D eigenvalue weighted by molar-refractivity contribution is 0.0526. The summed E-state index contributed by atoms with van der Waals surface area (Å²) in [5.74, 6) is -0.365. The van der Waals surface area contributed by atoms with Crippen LogP contribution in [0.5, 0.6) is 0 Å². The Kier molecular flexibility index (Phi) is 6.88. The normalized spacial score (nSPS) is 20.2. The molecule has 28 heavy (non-hydrogen) atoms. The molecule has 2 aliphatic rings. The highest BCUT2D eigenvalue weighted by molar-refractivity contribution is 5.99. The van der Waals surface area contributed by atoms with Crippen LogP contribution in [0, 0.1) is 6.92 Å². The maximum Gasteiger partial charge on any atom is 0.341 e. The van der Waals surface area contributed by atoms with Gasteiger partial charge in [0, 0.05) is 25.2 Å². The zero-order chi connectivity index (χ0) is 20.1. The number of rotatable bonds is 6. The fourth-order valence-corrected chi connectivity index (χ4v) is 4.20. The van der Waals surface area contributed by atoms with Crippen LogP contribution in [0.25, 0.3) is 0 Å². The summed E-state index contributed by atoms with van der Waals surface area (Å²) in [4.78, 5) is 31.3. The molecule has 7 heteroatoms. The predicted molar refractivity (Wildman–Crippen MR) is 107 cm³/mol. The fourth-order valence-electron chi connectivity index (χ4n) is 4.20. The van der Waals surface area contributed by atoms with Crippen LogP contribution < -0.4 is 10.2 Å². The van der Waals surface area contributed by atoms with Crippen LogP contribution >= 0.6 is 0 Å². The molecule has 7 nitrogen and oxygen atoms in total. The number of methoxy groups -OCH3 is 1. The second-order valence-electron chi connectivity index (χ2n) is 7.64. The van der Waals surface area contributed by atoms with Gasteiger partial charge >= 0.3 is 11.9 Å². The lowest BCUT2D eigenvalue weighted by atomic mass is 9.95. The van der Waals surface area contributed by atoms with E-state index >= 15 is 0 Å². The third-order valence-electron chi connectivity index (χ3n) is 5.66. The van der Waals surface area contributed by atoms with E-state index < -0.39 is 11.9 Å². The van der Waals surface area contributed by atoms with Crippen molar-refractivity contribution in [3.63, 3.8) is 0 Å². The van der Waals surface area contributed by atoms with Gasteiger partial charge in [-0.2, -0.15) is 0 Å². The van der Waals surface area contributed by atoms with E-state index in [-0.39, 0.29) is 6.61 Å². The van der Waals surface area contributed by atoms with Crippen molar-refractivity contribution in [2.45, 2.75) is 64.5 Å². The SMILES string of the molecule is CCOC(=O)c1cc(C(=O)OC)c(C)nc1N1CCC(NC2CCCCC2)C1. The molecule has 1 unspecified atom stereocenters. The third kappa shape index (κ3) is 4.63. The van der Waals surface area contributed by atoms with Gasteiger partial charge in [-0.25, -0.2) is 14.6 Å². The fraction of sp³-hybridized carbons (Fsp3) is 0.667. The summed E-state index contributed by atoms with van der Waals surface area (Å²) in [6.07, 6.45) is 7.45. The molecule has 2 heterocycles. The van der Waals surface area contributed by atoms with E-state index in [1.807, 2.05) is 0 Å². The summed E-state index contributed by atoms with van der Waals surface area (Å²) in [5.41, 5.74) is 1.18. The first kappa shape index (κ1) is 20.6. The second-order valence-corrected chi connectivity index (χ2v) is 7.64. The van der Waals surface area contributed by atoms with Crippen molar-refractivity contribution in [2.24, 2.45) is 0 Å². The van der Waals surface area contributed by atoms with Gasteiger partial charge in [-0.3, -0.25) is 0 Å². The average Bonchev–Trinajstić information content (AvgIpc) is 3.16. The molecule has 1 saturated carbocycles. The minimum atomic E-state index is -0.500. The summed E-state index contributed by atoms with van der Waals surface area (Å²) in [6, 6.07) is 2.55. The maximum absolute atomic E-state index is 12.5. The highest BCUT2D eigenvalue weighted by Crippen LogP contribution is 2.27. The smallest absolute Gasteiger partial charge is 0.341 e. The minimum Gasteiger partial charge on any atom is -0.465 e. The van der Waals surface area contributed by atoms with E-state index in [1.54, 1.807) is 19.9 Å². The van der Waals surface area contributed by atoms with Crippen molar-refractivity contribution in [3.05, 3.63) is 22.9 Å². The number of ether oxygens (including phenoxy) is 2. The molecule has 0 radical (unpaired) electrons. The van der Waals surface area contributed by atoms with E-state index in [4.69, 9.17) is 9.47 Å². The van der Waals surface area contributed by atoms with Crippen LogP contribution in [-0.2, 0) is 9.47 Å². The second kappa shape index (κ2) is 9.37. The quantitative estimate of drug-likeness (QED) is 0.749. The van der Waals surface area contributed by atoms with Crippen molar-refractivity contribution in [1.82, 2.24) is 10.3 Å². The van der Waals surface area contributed by atoms with Gasteiger partial charge in [0.2, 0.25) is 0 Å². The molecule has 1 aliphatic heterocycles. The summed E-state index contributed by atoms with van der Waals surface area (Å²) in [6.45, 7) is 5.41. The van der Waals surface area contributed by atoms with Crippen molar-refractivity contribution < 1.29 is 19.1 Å². The standard InChI is InChI=1S/C21H31N3O4/c1-4-28-21(26)18-12-17(20(25)27-3)14(2)22-19(18)24-11-10-16(13-24)23-15-8-6-5-7-9-15/h12,15-16,23H,4-11,13H2,1-3H3. The first-order chi connectivity index (χ1) is 13.5. The van der Waals surface area contributed by atoms with Crippen LogP contribution in [0.2, 0.25) is 0 Å². The molecular formula is C21H31N3O4. The van der Waals surface area contributed by atoms with Crippen molar-refractivity contribution in [2.75, 3.05) is 31.7 Å². The Morgan fingerprint density at radius 3 is 2.57 bits per heavy atom. The number of esters is 2. The molecule has 1 N–H and O–H groups in total. The number of anilines is 1. The largest absolute Gasteiger partial charge is 0.465 e. The first-order valence-corrected chi connectivity index (χ1v) is 10.3. The van der Waals surface area contributed by atoms with Crippen LogP contribution in [0.4, 0.5) is 5.82 Å². The van der Waals surface area contributed by atoms with Gasteiger partial charge in [0.05, 0.1) is 25.0 Å². The van der Waals surface area contributed by atoms with Crippen molar-refractivity contribution in [3.8, 4) is 0 Å². The Balaban J connectivity index is 1.80. The number of carbonyl (C=O) groups is 2. The van der Waals surface area contributed by atoms with Crippen molar-refractivity contribution >= 4 is 17.8 Å². The number of aryl methyl sites for hydroxylation is 1. The Bertz CT molecular complexity index is 716. The zero-order valence-electron chi connectivity index (χ0n) is 17.1. The van der Waals surface area contributed by atoms with Crippen LogP contribution in [0.15, 0.2) is 6.07 Å². The van der Waals surface area contributed by atoms with Gasteiger partial charge in [-0.15, -0.1) is 0 Å². The number of hydrogen-bond acceptors (Lipinski definition) is 7. The van der Waals surface area contributed by atoms with Crippen LogP contribution in [0.3, 0.4) is 0 Å². The maximum atomic E-state index is 12.5. The lowest BCUT2D eigenvalue weighted by Gasteiger charge is -2.27. The van der Waals surface area contributed by atoms with E-state index in [2.05, 4.69) is 15.2 Å². The zero-order valence-corrected chi connectivity index (χ0v) is 17.1. The Morgan fingerprint density at radius 2 is 1.89 bits per heavy atom. The molecule has 3 rings (SSSR count). The highest BCUT2D eigenvalue weighted by Gasteiger charge is 2.30. The number of pyridine rings is 1. The van der Waals surface area contributed by atoms with Gasteiger partial charge < -0.3 is 19.7 Å². The van der Waals surface area contributed by atoms with E-state index in [1.165, 1.54) is 39.2 Å². The Labute approximate surface area is 166 Å². The molecule has 0 bridgehead atoms. The first-order valence-electron chi connectivity index (χ1n) is 10.3. The van der Waals surface area contributed by atoms with Crippen molar-refractivity contribution in [1.29, 1.82) is 0 Å². The summed E-state index contributed by atoms with van der Waals surface area (Å²) < 4.78 is 10.0. The van der Waals surface area contributed by atoms with Gasteiger partial charge in [0.15, 0.2) is 0 Å². The lowest BCUT2D eigenvalue weighted by Crippen LogP contribution is -2.41. The van der Waals surface area contributed by atoms with Gasteiger partial charge in [0.1, 0.15) is 11.4 Å². The third-order valence-corrected chi connectivity index (χ3v) is 5.66. The number of carbonyl (C=O) groups excluding carboxylic acids is 2. The van der Waals surface area contributed by atoms with Gasteiger partial charge in [-0.1, -0.05) is 19.3 Å². The molecule has 0 aromatic carbocycles. The Morgan fingerprint density at radius 1 is 1.14 bits per heavy atom. The monoisotopic (exact) mass is 389 g/mol. The van der Waals surface area contributed by atoms with Gasteiger partial charge in [-0.05, 0) is 39.2 Å². The van der Waals surface area contributed by atoms with Crippen LogP contribution in [0.1, 0.15) is 71.9 Å². The molecule has 1 atom stereocenters. The molecule has 1 aromatic heterocycles. The molecule has 154 valence electrons. The van der Waals surface area contributed by atoms with Crippen LogP contribution in [-0.4, -0.2) is 55.8 Å². The molecule has 1 aliphatic carbocycles. The molecule has 1 aromatic rings. The van der Waals surface area contributed by atoms with E-state index in [0.29, 0.717) is 34.7 Å². The van der Waals surface area contributed by atoms with E-state index in [0.717, 1.165) is 19.5 Å². The number of nitrogens with one attached hydrogen (secondary N) is 1. The average molecular weight is 389 g/mol. The van der Waals surface area contributed by atoms with E-state index in [9.17, 15) is 9.59 Å². The summed E-state index contributed by atoms with van der Waals surface area (Å²) in [7, 11) is 1.32. The predicted octanol–water partition coefficient (Wildman–Crippen LogP) is 2.85. The minimum absolute atomic E-state index is 0.269. The Hall–Kier alpha value is -2.15. The molecular weight excluding hydrogens is 358 g/mol. The highest BCUT2D eigenvalue weighted by atomic mass is 16.5. The molecule has 0 spiro atoms. The molecule has 1 saturated heterocycles. The number of hydrogen-bond donors (Lipinski definition) is 1. The molecule has 2 fully saturated rings. The summed E-state index contributed by atoms with van der Waals surface area (Å²) in [5, 5.41) is 3.78.